The van der Waals surface area contributed by atoms with E-state index in [-0.39, 0.29) is 11.9 Å². The van der Waals surface area contributed by atoms with Crippen LogP contribution in [0.2, 0.25) is 0 Å². The standard InChI is InChI=1S/C12H20BrN3O2S/c1-16(8-12(17)15-5-6-18-2)9(7-14)10-3-4-11(13)19-10/h3-4,9H,5-8,14H2,1-2H3,(H,15,17). The molecule has 0 aliphatic heterocycles. The van der Waals surface area contributed by atoms with Crippen LogP contribution in [0.25, 0.3) is 0 Å². The lowest BCUT2D eigenvalue weighted by molar-refractivity contribution is -0.122. The fraction of sp³-hybridized carbons (Fsp3) is 0.583. The number of likely N-dealkylation sites (N-methyl/N-ethyl adjacent to an activating group) is 1. The zero-order chi connectivity index (χ0) is 14.3. The van der Waals surface area contributed by atoms with E-state index in [0.29, 0.717) is 26.2 Å². The van der Waals surface area contributed by atoms with E-state index in [1.54, 1.807) is 18.4 Å². The molecular formula is C12H20BrN3O2S. The Balaban J connectivity index is 2.50. The summed E-state index contributed by atoms with van der Waals surface area (Å²) in [4.78, 5) is 14.8. The van der Waals surface area contributed by atoms with Gasteiger partial charge in [-0.1, -0.05) is 0 Å². The van der Waals surface area contributed by atoms with Crippen molar-refractivity contribution in [1.82, 2.24) is 10.2 Å². The summed E-state index contributed by atoms with van der Waals surface area (Å²) in [6.07, 6.45) is 0. The summed E-state index contributed by atoms with van der Waals surface area (Å²) < 4.78 is 5.95. The third-order valence-electron chi connectivity index (χ3n) is 2.70. The van der Waals surface area contributed by atoms with Crippen molar-refractivity contribution in [3.63, 3.8) is 0 Å². The maximum atomic E-state index is 11.7. The van der Waals surface area contributed by atoms with Crippen LogP contribution in [0.5, 0.6) is 0 Å². The maximum absolute atomic E-state index is 11.7. The largest absolute Gasteiger partial charge is 0.383 e. The highest BCUT2D eigenvalue weighted by atomic mass is 79.9. The fourth-order valence-corrected chi connectivity index (χ4v) is 3.31. The first kappa shape index (κ1) is 16.6. The quantitative estimate of drug-likeness (QED) is 0.692. The third kappa shape index (κ3) is 5.58. The van der Waals surface area contributed by atoms with Gasteiger partial charge in [-0.15, -0.1) is 11.3 Å². The van der Waals surface area contributed by atoms with Crippen molar-refractivity contribution in [2.75, 3.05) is 40.4 Å². The Bertz CT molecular complexity index is 400. The number of ether oxygens (including phenoxy) is 1. The number of hydrogen-bond acceptors (Lipinski definition) is 5. The van der Waals surface area contributed by atoms with Gasteiger partial charge in [0.15, 0.2) is 0 Å². The number of nitrogens with two attached hydrogens (primary N) is 1. The minimum absolute atomic E-state index is 0.0198. The number of methoxy groups -OCH3 is 1. The highest BCUT2D eigenvalue weighted by Crippen LogP contribution is 2.29. The lowest BCUT2D eigenvalue weighted by Gasteiger charge is -2.25. The van der Waals surface area contributed by atoms with Crippen molar-refractivity contribution in [3.05, 3.63) is 20.8 Å². The Morgan fingerprint density at radius 2 is 2.37 bits per heavy atom. The number of nitrogens with one attached hydrogen (secondary N) is 1. The molecule has 0 aliphatic carbocycles. The number of amides is 1. The van der Waals surface area contributed by atoms with Gasteiger partial charge in [-0.3, -0.25) is 9.69 Å². The SMILES string of the molecule is COCCNC(=O)CN(C)C(CN)c1ccc(Br)s1. The van der Waals surface area contributed by atoms with Crippen LogP contribution < -0.4 is 11.1 Å². The van der Waals surface area contributed by atoms with Gasteiger partial charge < -0.3 is 15.8 Å². The van der Waals surface area contributed by atoms with Crippen molar-refractivity contribution in [2.45, 2.75) is 6.04 Å². The topological polar surface area (TPSA) is 67.6 Å². The molecule has 0 aliphatic rings. The van der Waals surface area contributed by atoms with E-state index in [1.807, 2.05) is 24.1 Å². The normalized spacial score (nSPS) is 12.7. The number of hydrogen-bond donors (Lipinski definition) is 2. The van der Waals surface area contributed by atoms with Crippen LogP contribution in [0.15, 0.2) is 15.9 Å². The zero-order valence-corrected chi connectivity index (χ0v) is 13.6. The van der Waals surface area contributed by atoms with Crippen LogP contribution >= 0.6 is 27.3 Å². The van der Waals surface area contributed by atoms with Gasteiger partial charge in [0.1, 0.15) is 0 Å². The molecule has 3 N–H and O–H groups in total. The minimum atomic E-state index is -0.0198. The van der Waals surface area contributed by atoms with Crippen molar-refractivity contribution < 1.29 is 9.53 Å². The molecule has 7 heteroatoms. The maximum Gasteiger partial charge on any atom is 0.234 e. The molecule has 0 radical (unpaired) electrons. The van der Waals surface area contributed by atoms with Crippen LogP contribution in [0.4, 0.5) is 0 Å². The van der Waals surface area contributed by atoms with Gasteiger partial charge in [-0.25, -0.2) is 0 Å². The van der Waals surface area contributed by atoms with Gasteiger partial charge in [0.25, 0.3) is 0 Å². The van der Waals surface area contributed by atoms with Gasteiger partial charge in [-0.05, 0) is 35.1 Å². The van der Waals surface area contributed by atoms with Gasteiger partial charge in [0.2, 0.25) is 5.91 Å². The summed E-state index contributed by atoms with van der Waals surface area (Å²) in [7, 11) is 3.51. The van der Waals surface area contributed by atoms with Crippen LogP contribution in [0.1, 0.15) is 10.9 Å². The molecule has 1 unspecified atom stereocenters. The average Bonchev–Trinajstić information content (AvgIpc) is 2.77. The van der Waals surface area contributed by atoms with Crippen molar-refractivity contribution >= 4 is 33.2 Å². The number of nitrogens with zero attached hydrogens (tertiary/aromatic N) is 1. The van der Waals surface area contributed by atoms with E-state index < -0.39 is 0 Å². The van der Waals surface area contributed by atoms with Crippen molar-refractivity contribution in [3.8, 4) is 0 Å². The van der Waals surface area contributed by atoms with Crippen LogP contribution in [-0.2, 0) is 9.53 Å². The molecule has 1 aromatic heterocycles. The lowest BCUT2D eigenvalue weighted by Crippen LogP contribution is -2.40. The summed E-state index contributed by atoms with van der Waals surface area (Å²) in [6.45, 7) is 1.85. The Morgan fingerprint density at radius 1 is 1.63 bits per heavy atom. The van der Waals surface area contributed by atoms with Crippen molar-refractivity contribution in [2.24, 2.45) is 5.73 Å². The number of carbonyl (C=O) groups is 1. The third-order valence-corrected chi connectivity index (χ3v) is 4.42. The molecule has 0 fully saturated rings. The number of rotatable bonds is 8. The van der Waals surface area contributed by atoms with E-state index in [0.717, 1.165) is 8.66 Å². The monoisotopic (exact) mass is 349 g/mol. The summed E-state index contributed by atoms with van der Waals surface area (Å²) in [6, 6.07) is 4.09. The zero-order valence-electron chi connectivity index (χ0n) is 11.2. The van der Waals surface area contributed by atoms with E-state index in [9.17, 15) is 4.79 Å². The van der Waals surface area contributed by atoms with Crippen LogP contribution in [0, 0.1) is 0 Å². The van der Waals surface area contributed by atoms with Gasteiger partial charge in [0, 0.05) is 25.1 Å². The molecule has 1 amide bonds. The van der Waals surface area contributed by atoms with Gasteiger partial charge >= 0.3 is 0 Å². The second kappa shape index (κ2) is 8.65. The van der Waals surface area contributed by atoms with Gasteiger partial charge in [0.05, 0.1) is 23.0 Å². The second-order valence-corrected chi connectivity index (χ2v) is 6.65. The number of halogens is 1. The Hall–Kier alpha value is -0.470. The predicted molar refractivity (Wildman–Crippen MR) is 81.3 cm³/mol. The highest BCUT2D eigenvalue weighted by Gasteiger charge is 2.19. The van der Waals surface area contributed by atoms with Gasteiger partial charge in [-0.2, -0.15) is 0 Å². The Morgan fingerprint density at radius 3 is 2.89 bits per heavy atom. The fourth-order valence-electron chi connectivity index (χ4n) is 1.71. The molecule has 5 nitrogen and oxygen atoms in total. The summed E-state index contributed by atoms with van der Waals surface area (Å²) >= 11 is 5.08. The van der Waals surface area contributed by atoms with Crippen LogP contribution in [-0.4, -0.2) is 51.2 Å². The van der Waals surface area contributed by atoms with Crippen molar-refractivity contribution in [1.29, 1.82) is 0 Å². The second-order valence-electron chi connectivity index (χ2n) is 4.15. The number of thiophene rings is 1. The lowest BCUT2D eigenvalue weighted by atomic mass is 10.2. The molecule has 1 heterocycles. The molecule has 1 aromatic rings. The predicted octanol–water partition coefficient (Wildman–Crippen LogP) is 1.20. The Kier molecular flexibility index (Phi) is 7.55. The van der Waals surface area contributed by atoms with E-state index >= 15 is 0 Å². The number of carbonyl (C=O) groups excluding carboxylic acids is 1. The molecule has 1 atom stereocenters. The summed E-state index contributed by atoms with van der Waals surface area (Å²) in [5.41, 5.74) is 5.81. The molecule has 1 rings (SSSR count). The summed E-state index contributed by atoms with van der Waals surface area (Å²) in [5.74, 6) is -0.0198. The molecule has 0 saturated carbocycles. The average molecular weight is 350 g/mol. The first-order chi connectivity index (χ1) is 9.08. The highest BCUT2D eigenvalue weighted by molar-refractivity contribution is 9.11. The first-order valence-electron chi connectivity index (χ1n) is 5.99. The first-order valence-corrected chi connectivity index (χ1v) is 7.60. The Labute approximate surface area is 126 Å². The summed E-state index contributed by atoms with van der Waals surface area (Å²) in [5, 5.41) is 2.80. The molecule has 19 heavy (non-hydrogen) atoms. The van der Waals surface area contributed by atoms with E-state index in [2.05, 4.69) is 21.2 Å². The molecule has 0 aromatic carbocycles. The molecule has 0 saturated heterocycles. The van der Waals surface area contributed by atoms with E-state index in [4.69, 9.17) is 10.5 Å². The van der Waals surface area contributed by atoms with E-state index in [1.165, 1.54) is 0 Å². The smallest absolute Gasteiger partial charge is 0.234 e. The van der Waals surface area contributed by atoms with Crippen LogP contribution in [0.3, 0.4) is 0 Å². The minimum Gasteiger partial charge on any atom is -0.383 e. The molecule has 108 valence electrons. The molecule has 0 bridgehead atoms. The molecular weight excluding hydrogens is 330 g/mol. The molecule has 0 spiro atoms.